The van der Waals surface area contributed by atoms with Crippen molar-refractivity contribution in [2.75, 3.05) is 19.6 Å². The van der Waals surface area contributed by atoms with Gasteiger partial charge in [0.05, 0.1) is 6.10 Å². The largest absolute Gasteiger partial charge is 0.390 e. The summed E-state index contributed by atoms with van der Waals surface area (Å²) < 4.78 is 0. The van der Waals surface area contributed by atoms with Gasteiger partial charge in [0.1, 0.15) is 0 Å². The summed E-state index contributed by atoms with van der Waals surface area (Å²) in [6.07, 6.45) is 14.7. The highest BCUT2D eigenvalue weighted by atomic mass is 16.3. The van der Waals surface area contributed by atoms with Gasteiger partial charge >= 0.3 is 0 Å². The van der Waals surface area contributed by atoms with E-state index in [2.05, 4.69) is 17.1 Å². The predicted octanol–water partition coefficient (Wildman–Crippen LogP) is 3.31. The van der Waals surface area contributed by atoms with Gasteiger partial charge in [0, 0.05) is 25.2 Å². The molecule has 2 aliphatic rings. The molecular formula is C18H36N2O. The summed E-state index contributed by atoms with van der Waals surface area (Å²) in [5.74, 6) is 0. The molecule has 3 nitrogen and oxygen atoms in total. The summed E-state index contributed by atoms with van der Waals surface area (Å²) in [4.78, 5) is 2.70. The van der Waals surface area contributed by atoms with Gasteiger partial charge in [0.15, 0.2) is 0 Å². The summed E-state index contributed by atoms with van der Waals surface area (Å²) in [6, 6.07) is 1.48. The highest BCUT2D eigenvalue weighted by molar-refractivity contribution is 4.85. The van der Waals surface area contributed by atoms with Gasteiger partial charge in [0.25, 0.3) is 0 Å². The molecule has 3 heteroatoms. The first kappa shape index (κ1) is 17.2. The van der Waals surface area contributed by atoms with Crippen LogP contribution in [0.1, 0.15) is 77.6 Å². The maximum absolute atomic E-state index is 10.4. The van der Waals surface area contributed by atoms with Crippen molar-refractivity contribution in [2.45, 2.75) is 95.7 Å². The van der Waals surface area contributed by atoms with Crippen molar-refractivity contribution in [2.24, 2.45) is 0 Å². The normalized spacial score (nSPS) is 23.6. The number of hydrogen-bond donors (Lipinski definition) is 2. The Bertz CT molecular complexity index is 242. The quantitative estimate of drug-likeness (QED) is 0.675. The fraction of sp³-hybridized carbons (Fsp3) is 1.00. The van der Waals surface area contributed by atoms with E-state index >= 15 is 0 Å². The molecule has 21 heavy (non-hydrogen) atoms. The summed E-state index contributed by atoms with van der Waals surface area (Å²) in [5.41, 5.74) is 0. The van der Waals surface area contributed by atoms with Gasteiger partial charge in [-0.3, -0.25) is 4.90 Å². The third-order valence-corrected chi connectivity index (χ3v) is 5.32. The second-order valence-corrected chi connectivity index (χ2v) is 7.14. The molecule has 0 bridgehead atoms. The molecule has 2 fully saturated rings. The van der Waals surface area contributed by atoms with Crippen LogP contribution < -0.4 is 5.32 Å². The lowest BCUT2D eigenvalue weighted by atomic mass is 9.88. The number of hydrogen-bond acceptors (Lipinski definition) is 3. The van der Waals surface area contributed by atoms with Crippen LogP contribution in [-0.4, -0.2) is 47.8 Å². The topological polar surface area (TPSA) is 35.5 Å². The molecule has 0 aliphatic heterocycles. The van der Waals surface area contributed by atoms with Crippen molar-refractivity contribution in [1.82, 2.24) is 10.2 Å². The minimum atomic E-state index is -0.208. The first-order valence-electron chi connectivity index (χ1n) is 9.45. The molecule has 0 spiro atoms. The van der Waals surface area contributed by atoms with Crippen LogP contribution in [0.15, 0.2) is 0 Å². The Morgan fingerprint density at radius 3 is 1.95 bits per heavy atom. The zero-order valence-electron chi connectivity index (χ0n) is 14.0. The molecule has 2 rings (SSSR count). The number of rotatable bonds is 8. The van der Waals surface area contributed by atoms with Crippen molar-refractivity contribution >= 4 is 0 Å². The van der Waals surface area contributed by atoms with Crippen LogP contribution in [0, 0.1) is 0 Å². The third-order valence-electron chi connectivity index (χ3n) is 5.32. The van der Waals surface area contributed by atoms with Crippen molar-refractivity contribution in [3.63, 3.8) is 0 Å². The van der Waals surface area contributed by atoms with Gasteiger partial charge in [-0.05, 0) is 38.6 Å². The van der Waals surface area contributed by atoms with E-state index in [1.165, 1.54) is 64.2 Å². The Morgan fingerprint density at radius 1 is 0.952 bits per heavy atom. The fourth-order valence-corrected chi connectivity index (χ4v) is 4.18. The lowest BCUT2D eigenvalue weighted by molar-refractivity contribution is 0.0296. The molecule has 0 aromatic heterocycles. The van der Waals surface area contributed by atoms with Gasteiger partial charge in [-0.2, -0.15) is 0 Å². The Morgan fingerprint density at radius 2 is 1.48 bits per heavy atom. The summed E-state index contributed by atoms with van der Waals surface area (Å²) in [5, 5.41) is 13.8. The second-order valence-electron chi connectivity index (χ2n) is 7.14. The van der Waals surface area contributed by atoms with E-state index in [0.717, 1.165) is 38.1 Å². The maximum Gasteiger partial charge on any atom is 0.0791 e. The molecule has 0 amide bonds. The Labute approximate surface area is 131 Å². The molecule has 2 aliphatic carbocycles. The van der Waals surface area contributed by atoms with E-state index in [9.17, 15) is 5.11 Å². The van der Waals surface area contributed by atoms with Crippen molar-refractivity contribution in [3.8, 4) is 0 Å². The van der Waals surface area contributed by atoms with Gasteiger partial charge < -0.3 is 10.4 Å². The summed E-state index contributed by atoms with van der Waals surface area (Å²) >= 11 is 0. The molecule has 2 saturated carbocycles. The van der Waals surface area contributed by atoms with E-state index < -0.39 is 0 Å². The highest BCUT2D eigenvalue weighted by Crippen LogP contribution is 2.30. The second kappa shape index (κ2) is 9.81. The number of nitrogens with one attached hydrogen (secondary N) is 1. The number of aliphatic hydroxyl groups excluding tert-OH is 1. The first-order chi connectivity index (χ1) is 10.3. The fourth-order valence-electron chi connectivity index (χ4n) is 4.18. The average Bonchev–Trinajstić information content (AvgIpc) is 2.54. The molecule has 124 valence electrons. The van der Waals surface area contributed by atoms with E-state index in [1.54, 1.807) is 0 Å². The zero-order chi connectivity index (χ0) is 14.9. The lowest BCUT2D eigenvalue weighted by Crippen LogP contribution is -2.50. The summed E-state index contributed by atoms with van der Waals surface area (Å²) in [7, 11) is 0. The molecule has 1 atom stereocenters. The van der Waals surface area contributed by atoms with Gasteiger partial charge in [-0.15, -0.1) is 0 Å². The van der Waals surface area contributed by atoms with Gasteiger partial charge in [-0.25, -0.2) is 0 Å². The average molecular weight is 296 g/mol. The van der Waals surface area contributed by atoms with Gasteiger partial charge in [0.2, 0.25) is 0 Å². The monoisotopic (exact) mass is 296 g/mol. The summed E-state index contributed by atoms with van der Waals surface area (Å²) in [6.45, 7) is 4.83. The highest BCUT2D eigenvalue weighted by Gasteiger charge is 2.29. The van der Waals surface area contributed by atoms with E-state index in [4.69, 9.17) is 0 Å². The molecule has 0 heterocycles. The Balaban J connectivity index is 1.87. The van der Waals surface area contributed by atoms with E-state index in [-0.39, 0.29) is 6.10 Å². The minimum Gasteiger partial charge on any atom is -0.390 e. The van der Waals surface area contributed by atoms with Crippen LogP contribution in [0.2, 0.25) is 0 Å². The SMILES string of the molecule is CCCNCC(O)CN(C1CCCCC1)C1CCCCC1. The van der Waals surface area contributed by atoms with Crippen molar-refractivity contribution in [1.29, 1.82) is 0 Å². The lowest BCUT2D eigenvalue weighted by Gasteiger charge is -2.42. The van der Waals surface area contributed by atoms with Crippen LogP contribution in [0.3, 0.4) is 0 Å². The van der Waals surface area contributed by atoms with Crippen LogP contribution in [0.25, 0.3) is 0 Å². The molecule has 1 unspecified atom stereocenters. The number of aliphatic hydroxyl groups is 1. The first-order valence-corrected chi connectivity index (χ1v) is 9.45. The molecule has 0 aromatic carbocycles. The maximum atomic E-state index is 10.4. The standard InChI is InChI=1S/C18H36N2O/c1-2-13-19-14-18(21)15-20(16-9-5-3-6-10-16)17-11-7-4-8-12-17/h16-19,21H,2-15H2,1H3. The molecule has 2 N–H and O–H groups in total. The number of nitrogens with zero attached hydrogens (tertiary/aromatic N) is 1. The predicted molar refractivity (Wildman–Crippen MR) is 89.6 cm³/mol. The zero-order valence-corrected chi connectivity index (χ0v) is 14.0. The molecule has 0 radical (unpaired) electrons. The van der Waals surface area contributed by atoms with Crippen LogP contribution >= 0.6 is 0 Å². The van der Waals surface area contributed by atoms with Crippen LogP contribution in [0.5, 0.6) is 0 Å². The van der Waals surface area contributed by atoms with E-state index in [1.807, 2.05) is 0 Å². The van der Waals surface area contributed by atoms with Crippen molar-refractivity contribution in [3.05, 3.63) is 0 Å². The molecular weight excluding hydrogens is 260 g/mol. The Kier molecular flexibility index (Phi) is 8.05. The Hall–Kier alpha value is -0.120. The molecule has 0 saturated heterocycles. The molecule has 0 aromatic rings. The van der Waals surface area contributed by atoms with Crippen LogP contribution in [-0.2, 0) is 0 Å². The van der Waals surface area contributed by atoms with E-state index in [0.29, 0.717) is 0 Å². The van der Waals surface area contributed by atoms with Crippen LogP contribution in [0.4, 0.5) is 0 Å². The van der Waals surface area contributed by atoms with Gasteiger partial charge in [-0.1, -0.05) is 45.4 Å². The smallest absolute Gasteiger partial charge is 0.0791 e. The van der Waals surface area contributed by atoms with Crippen molar-refractivity contribution < 1.29 is 5.11 Å². The third kappa shape index (κ3) is 5.88. The minimum absolute atomic E-state index is 0.208.